The van der Waals surface area contributed by atoms with Crippen LogP contribution in [-0.2, 0) is 10.0 Å². The lowest BCUT2D eigenvalue weighted by atomic mass is 10.2. The fourth-order valence-electron chi connectivity index (χ4n) is 2.73. The van der Waals surface area contributed by atoms with Gasteiger partial charge in [0.1, 0.15) is 5.82 Å². The van der Waals surface area contributed by atoms with Crippen molar-refractivity contribution < 1.29 is 22.4 Å². The highest BCUT2D eigenvalue weighted by molar-refractivity contribution is 7.89. The molecule has 9 heteroatoms. The summed E-state index contributed by atoms with van der Waals surface area (Å²) < 4.78 is 39.4. The second kappa shape index (κ2) is 7.85. The van der Waals surface area contributed by atoms with E-state index in [2.05, 4.69) is 10.9 Å². The molecule has 0 bridgehead atoms. The lowest BCUT2D eigenvalue weighted by Crippen LogP contribution is -2.41. The summed E-state index contributed by atoms with van der Waals surface area (Å²) in [6, 6.07) is 10.4. The number of sulfonamides is 1. The molecule has 1 aliphatic heterocycles. The van der Waals surface area contributed by atoms with Crippen LogP contribution in [0, 0.1) is 5.82 Å². The van der Waals surface area contributed by atoms with Crippen molar-refractivity contribution in [2.24, 2.45) is 0 Å². The van der Waals surface area contributed by atoms with Gasteiger partial charge in [0, 0.05) is 24.2 Å². The molecule has 2 N–H and O–H groups in total. The molecule has 1 aliphatic rings. The molecule has 0 radical (unpaired) electrons. The van der Waals surface area contributed by atoms with Gasteiger partial charge in [-0.25, -0.2) is 12.8 Å². The predicted molar refractivity (Wildman–Crippen MR) is 95.8 cm³/mol. The summed E-state index contributed by atoms with van der Waals surface area (Å²) in [6.45, 7) is 0.930. The minimum absolute atomic E-state index is 0.0295. The van der Waals surface area contributed by atoms with Crippen LogP contribution in [-0.4, -0.2) is 37.6 Å². The Morgan fingerprint density at radius 2 is 1.48 bits per heavy atom. The molecule has 0 atom stereocenters. The summed E-state index contributed by atoms with van der Waals surface area (Å²) in [7, 11) is -3.64. The second-order valence-corrected chi connectivity index (χ2v) is 7.99. The zero-order valence-corrected chi connectivity index (χ0v) is 15.1. The Morgan fingerprint density at radius 3 is 2.11 bits per heavy atom. The normalized spacial score (nSPS) is 14.7. The minimum atomic E-state index is -3.64. The number of hydrogen-bond acceptors (Lipinski definition) is 4. The van der Waals surface area contributed by atoms with Crippen molar-refractivity contribution in [3.63, 3.8) is 0 Å². The first-order valence-corrected chi connectivity index (χ1v) is 9.78. The largest absolute Gasteiger partial charge is 0.269 e. The van der Waals surface area contributed by atoms with Crippen LogP contribution < -0.4 is 10.9 Å². The number of carbonyl (C=O) groups excluding carboxylic acids is 2. The number of hydrogen-bond donors (Lipinski definition) is 2. The molecule has 0 aliphatic carbocycles. The molecule has 0 spiro atoms. The summed E-state index contributed by atoms with van der Waals surface area (Å²) in [5, 5.41) is 0. The van der Waals surface area contributed by atoms with Crippen molar-refractivity contribution in [3.8, 4) is 0 Å². The van der Waals surface area contributed by atoms with E-state index < -0.39 is 27.7 Å². The molecule has 1 heterocycles. The van der Waals surface area contributed by atoms with Crippen molar-refractivity contribution in [2.45, 2.75) is 17.7 Å². The maximum atomic E-state index is 12.9. The van der Waals surface area contributed by atoms with Crippen LogP contribution in [0.2, 0.25) is 0 Å². The highest BCUT2D eigenvalue weighted by Crippen LogP contribution is 2.21. The van der Waals surface area contributed by atoms with Crippen molar-refractivity contribution in [2.75, 3.05) is 13.1 Å². The van der Waals surface area contributed by atoms with Gasteiger partial charge in [0.2, 0.25) is 10.0 Å². The molecule has 2 aromatic rings. The van der Waals surface area contributed by atoms with Gasteiger partial charge < -0.3 is 0 Å². The van der Waals surface area contributed by atoms with Crippen LogP contribution in [0.3, 0.4) is 0 Å². The third-order valence-corrected chi connectivity index (χ3v) is 6.09. The van der Waals surface area contributed by atoms with E-state index in [1.54, 1.807) is 0 Å². The van der Waals surface area contributed by atoms with E-state index in [4.69, 9.17) is 0 Å². The van der Waals surface area contributed by atoms with E-state index >= 15 is 0 Å². The van der Waals surface area contributed by atoms with Crippen LogP contribution in [0.4, 0.5) is 4.39 Å². The van der Waals surface area contributed by atoms with Crippen molar-refractivity contribution in [3.05, 3.63) is 65.5 Å². The molecule has 1 saturated heterocycles. The standard InChI is InChI=1S/C18H18FN3O4S/c19-15-8-6-13(7-9-15)17(23)20-21-18(24)14-4-3-5-16(12-14)27(25,26)22-10-1-2-11-22/h3-9,12H,1-2,10-11H2,(H,20,23)(H,21,24). The maximum absolute atomic E-state index is 12.9. The van der Waals surface area contributed by atoms with Crippen LogP contribution in [0.5, 0.6) is 0 Å². The Morgan fingerprint density at radius 1 is 0.889 bits per heavy atom. The fraction of sp³-hybridized carbons (Fsp3) is 0.222. The molecule has 1 fully saturated rings. The van der Waals surface area contributed by atoms with Gasteiger partial charge >= 0.3 is 0 Å². The van der Waals surface area contributed by atoms with Crippen LogP contribution in [0.25, 0.3) is 0 Å². The number of benzene rings is 2. The second-order valence-electron chi connectivity index (χ2n) is 6.05. The quantitative estimate of drug-likeness (QED) is 0.776. The monoisotopic (exact) mass is 391 g/mol. The van der Waals surface area contributed by atoms with Crippen molar-refractivity contribution in [1.82, 2.24) is 15.2 Å². The van der Waals surface area contributed by atoms with Gasteiger partial charge in [0.05, 0.1) is 4.90 Å². The predicted octanol–water partition coefficient (Wildman–Crippen LogP) is 1.68. The summed E-state index contributed by atoms with van der Waals surface area (Å²) >= 11 is 0. The van der Waals surface area contributed by atoms with E-state index in [9.17, 15) is 22.4 Å². The van der Waals surface area contributed by atoms with Crippen LogP contribution in [0.1, 0.15) is 33.6 Å². The Hall–Kier alpha value is -2.78. The first-order chi connectivity index (χ1) is 12.9. The summed E-state index contributed by atoms with van der Waals surface area (Å²) in [6.07, 6.45) is 1.63. The first-order valence-electron chi connectivity index (χ1n) is 8.34. The van der Waals surface area contributed by atoms with Gasteiger partial charge in [0.15, 0.2) is 0 Å². The molecule has 0 aromatic heterocycles. The number of rotatable bonds is 4. The van der Waals surface area contributed by atoms with Crippen molar-refractivity contribution >= 4 is 21.8 Å². The third kappa shape index (κ3) is 4.32. The summed E-state index contributed by atoms with van der Waals surface area (Å²) in [5.41, 5.74) is 4.69. The lowest BCUT2D eigenvalue weighted by molar-refractivity contribution is 0.0846. The van der Waals surface area contributed by atoms with Gasteiger partial charge in [-0.3, -0.25) is 20.4 Å². The highest BCUT2D eigenvalue weighted by Gasteiger charge is 2.27. The highest BCUT2D eigenvalue weighted by atomic mass is 32.2. The molecule has 142 valence electrons. The van der Waals surface area contributed by atoms with E-state index in [1.165, 1.54) is 40.7 Å². The SMILES string of the molecule is O=C(NNC(=O)c1cccc(S(=O)(=O)N2CCCC2)c1)c1ccc(F)cc1. The topological polar surface area (TPSA) is 95.6 Å². The average Bonchev–Trinajstić information content (AvgIpc) is 3.22. The zero-order chi connectivity index (χ0) is 19.4. The van der Waals surface area contributed by atoms with E-state index in [1.807, 2.05) is 0 Å². The van der Waals surface area contributed by atoms with Crippen LogP contribution >= 0.6 is 0 Å². The number of halogens is 1. The van der Waals surface area contributed by atoms with Gasteiger partial charge in [-0.05, 0) is 55.3 Å². The fourth-order valence-corrected chi connectivity index (χ4v) is 4.30. The zero-order valence-electron chi connectivity index (χ0n) is 14.3. The smallest absolute Gasteiger partial charge is 0.267 e. The maximum Gasteiger partial charge on any atom is 0.269 e. The molecule has 3 rings (SSSR count). The summed E-state index contributed by atoms with van der Waals surface area (Å²) in [4.78, 5) is 24.2. The lowest BCUT2D eigenvalue weighted by Gasteiger charge is -2.16. The molecule has 2 aromatic carbocycles. The number of amides is 2. The average molecular weight is 391 g/mol. The van der Waals surface area contributed by atoms with E-state index in [0.717, 1.165) is 25.0 Å². The molecule has 27 heavy (non-hydrogen) atoms. The van der Waals surface area contributed by atoms with Gasteiger partial charge in [-0.2, -0.15) is 4.31 Å². The molecular weight excluding hydrogens is 373 g/mol. The van der Waals surface area contributed by atoms with E-state index in [0.29, 0.717) is 13.1 Å². The molecular formula is C18H18FN3O4S. The van der Waals surface area contributed by atoms with E-state index in [-0.39, 0.29) is 16.0 Å². The van der Waals surface area contributed by atoms with Crippen LogP contribution in [0.15, 0.2) is 53.4 Å². The van der Waals surface area contributed by atoms with Gasteiger partial charge in [-0.15, -0.1) is 0 Å². The third-order valence-electron chi connectivity index (χ3n) is 4.20. The first kappa shape index (κ1) is 19.0. The molecule has 2 amide bonds. The van der Waals surface area contributed by atoms with Gasteiger partial charge in [0.25, 0.3) is 11.8 Å². The number of carbonyl (C=O) groups is 2. The number of nitrogens with one attached hydrogen (secondary N) is 2. The number of nitrogens with zero attached hydrogens (tertiary/aromatic N) is 1. The summed E-state index contributed by atoms with van der Waals surface area (Å²) in [5.74, 6) is -1.76. The Labute approximate surface area is 156 Å². The Kier molecular flexibility index (Phi) is 5.52. The van der Waals surface area contributed by atoms with Gasteiger partial charge in [-0.1, -0.05) is 6.07 Å². The molecule has 0 saturated carbocycles. The minimum Gasteiger partial charge on any atom is -0.267 e. The molecule has 0 unspecified atom stereocenters. The Bertz CT molecular complexity index is 955. The van der Waals surface area contributed by atoms with Crippen molar-refractivity contribution in [1.29, 1.82) is 0 Å². The Balaban J connectivity index is 1.68. The molecule has 7 nitrogen and oxygen atoms in total. The number of hydrazine groups is 1.